The third kappa shape index (κ3) is 22.1. The van der Waals surface area contributed by atoms with Crippen LogP contribution < -0.4 is 19.7 Å². The monoisotopic (exact) mass is 1670 g/mol. The topological polar surface area (TPSA) is 219 Å². The summed E-state index contributed by atoms with van der Waals surface area (Å²) >= 11 is 6.91. The van der Waals surface area contributed by atoms with Crippen LogP contribution in [-0.2, 0) is 80.9 Å². The number of hydrogen-bond donors (Lipinski definition) is 2. The fourth-order valence-corrected chi connectivity index (χ4v) is 15.3. The van der Waals surface area contributed by atoms with Gasteiger partial charge in [-0.15, -0.1) is 0 Å². The molecule has 1 saturated heterocycles. The van der Waals surface area contributed by atoms with Crippen LogP contribution in [0.5, 0.6) is 23.0 Å². The van der Waals surface area contributed by atoms with E-state index in [1.165, 1.54) is 50.7 Å². The van der Waals surface area contributed by atoms with Crippen LogP contribution in [0.3, 0.4) is 0 Å². The molecule has 0 aromatic heterocycles. The van der Waals surface area contributed by atoms with Gasteiger partial charge in [-0.25, -0.2) is 19.2 Å². The molecule has 4 atom stereocenters. The molecule has 1 fully saturated rings. The van der Waals surface area contributed by atoms with Crippen molar-refractivity contribution in [2.45, 2.75) is 250 Å². The van der Waals surface area contributed by atoms with Gasteiger partial charge >= 0.3 is 31.0 Å². The summed E-state index contributed by atoms with van der Waals surface area (Å²) in [5.41, 5.74) is 19.7. The number of esters is 4. The van der Waals surface area contributed by atoms with Crippen molar-refractivity contribution in [1.29, 1.82) is 0 Å². The zero-order valence-corrected chi connectivity index (χ0v) is 74.2. The zero-order chi connectivity index (χ0) is 83.6. The van der Waals surface area contributed by atoms with Gasteiger partial charge in [0.1, 0.15) is 23.0 Å². The van der Waals surface area contributed by atoms with E-state index in [0.29, 0.717) is 16.7 Å². The van der Waals surface area contributed by atoms with E-state index in [1.807, 2.05) is 153 Å². The number of aromatic hydroxyl groups is 1. The number of methoxy groups -OCH3 is 4. The van der Waals surface area contributed by atoms with Crippen molar-refractivity contribution >= 4 is 68.3 Å². The van der Waals surface area contributed by atoms with Gasteiger partial charge in [0.2, 0.25) is 0 Å². The third-order valence-electron chi connectivity index (χ3n) is 20.7. The number of phenols is 1. The van der Waals surface area contributed by atoms with Crippen LogP contribution in [-0.4, -0.2) is 117 Å². The molecule has 7 aromatic rings. The van der Waals surface area contributed by atoms with Crippen LogP contribution in [0, 0.1) is 69.2 Å². The Hall–Kier alpha value is -7.60. The van der Waals surface area contributed by atoms with Crippen molar-refractivity contribution < 1.29 is 86.1 Å². The number of carbonyl (C=O) groups is 4. The average molecular weight is 1670 g/mol. The molecule has 0 aliphatic carbocycles. The first-order valence-electron chi connectivity index (χ1n) is 38.3. The number of carbonyl (C=O) groups excluding carboxylic acids is 4. The summed E-state index contributed by atoms with van der Waals surface area (Å²) in [6.45, 7) is 48.0. The summed E-state index contributed by atoms with van der Waals surface area (Å²) in [6.07, 6.45) is 2.38. The van der Waals surface area contributed by atoms with Crippen molar-refractivity contribution in [2.24, 2.45) is 0 Å². The van der Waals surface area contributed by atoms with Crippen LogP contribution >= 0.6 is 31.9 Å². The minimum Gasteiger partial charge on any atom is -0.507 e. The Morgan fingerprint density at radius 2 is 0.723 bits per heavy atom. The van der Waals surface area contributed by atoms with Crippen molar-refractivity contribution in [3.05, 3.63) is 188 Å². The Bertz CT molecular complexity index is 4370. The van der Waals surface area contributed by atoms with E-state index in [0.717, 1.165) is 168 Å². The molecule has 0 amide bonds. The molecule has 4 heterocycles. The van der Waals surface area contributed by atoms with E-state index in [-0.39, 0.29) is 36.0 Å². The number of hydrogen-bond acceptors (Lipinski definition) is 18. The number of fused-ring (bicyclic) bond motifs is 3. The predicted octanol–water partition coefficient (Wildman–Crippen LogP) is 19.6. The van der Waals surface area contributed by atoms with Gasteiger partial charge in [0.15, 0.2) is 24.4 Å². The molecule has 0 bridgehead atoms. The number of aliphatic hydroxyl groups excluding tert-OH is 1. The number of ether oxygens (including phenoxy) is 10. The van der Waals surface area contributed by atoms with Crippen molar-refractivity contribution in [2.75, 3.05) is 48.3 Å². The van der Waals surface area contributed by atoms with Crippen molar-refractivity contribution in [3.8, 4) is 45.3 Å². The second-order valence-corrected chi connectivity index (χ2v) is 34.6. The van der Waals surface area contributed by atoms with Crippen molar-refractivity contribution in [1.82, 2.24) is 0 Å². The quantitative estimate of drug-likeness (QED) is 0.0587. The smallest absolute Gasteiger partial charge is 0.495 e. The number of halogens is 2. The zero-order valence-electron chi connectivity index (χ0n) is 71.0. The first kappa shape index (κ1) is 91.6. The van der Waals surface area contributed by atoms with Crippen LogP contribution in [0.25, 0.3) is 22.3 Å². The maximum atomic E-state index is 12.8. The van der Waals surface area contributed by atoms with Crippen molar-refractivity contribution in [3.63, 3.8) is 0 Å². The molecule has 4 aliphatic heterocycles. The number of phenolic OH excluding ortho intramolecular Hbond substituents is 1. The van der Waals surface area contributed by atoms with Gasteiger partial charge in [0.25, 0.3) is 0 Å². The first-order valence-corrected chi connectivity index (χ1v) is 39.9. The van der Waals surface area contributed by atoms with E-state index < -0.39 is 53.2 Å². The molecule has 0 radical (unpaired) electrons. The molecule has 2 N–H and O–H groups in total. The van der Waals surface area contributed by atoms with E-state index >= 15 is 0 Å². The fraction of sp³-hybridized carbons (Fsp3) is 0.495. The lowest BCUT2D eigenvalue weighted by Crippen LogP contribution is -2.41. The summed E-state index contributed by atoms with van der Waals surface area (Å²) in [6, 6.07) is 27.6. The molecule has 112 heavy (non-hydrogen) atoms. The minimum absolute atomic E-state index is 0.108. The molecule has 4 aliphatic rings. The molecule has 4 unspecified atom stereocenters. The highest BCUT2D eigenvalue weighted by Gasteiger charge is 2.52. The standard InChI is InChI=1S/C25H32O4.C24H30O5.C16H23BO3.C15H21BrO3.C11H13BrO3/c1-15-10-11-16(2)22(23(24(26)27-7)29-25(4,5)6)21(15)19-12-13-20-18(17(19)3)9-8-14-28-20;1-14-9-11-18(25)21(20(14)22(23(26)27-6)29-24(3,4)5)17-10-12-19-16(15(17)2)8-7-13-28-19;1-11-12-7-6-10-18-14(12)9-8-13(11)17-19-15(2,3)16(4,5)20-17;1-9-7-8-10(2)12(16)11(9)13(14(17)18-6)19-15(3,4)5;1-6-4-5-7(2)9(12)8(6)10(13)11(14)15-3/h10-13,23H,8-9,14H2,1-7H3;9-12,22,25H,7-8,13H2,1-6H3;8-9H,6-7,10H2,1-5H3;7-8,13H,1-6H3;4-5,10,13H,1-3H3. The molecular formula is C91H119BBr2O18. The second kappa shape index (κ2) is 38.2. The third-order valence-corrected chi connectivity index (χ3v) is 22.8. The van der Waals surface area contributed by atoms with Crippen LogP contribution in [0.2, 0.25) is 0 Å². The molecule has 7 aromatic carbocycles. The van der Waals surface area contributed by atoms with Crippen LogP contribution in [0.15, 0.2) is 93.9 Å². The molecule has 0 spiro atoms. The van der Waals surface area contributed by atoms with Gasteiger partial charge in [0.05, 0.1) is 76.3 Å². The largest absolute Gasteiger partial charge is 0.507 e. The fourth-order valence-electron chi connectivity index (χ4n) is 14.0. The molecule has 18 nitrogen and oxygen atoms in total. The van der Waals surface area contributed by atoms with Gasteiger partial charge in [-0.3, -0.25) is 0 Å². The second-order valence-electron chi connectivity index (χ2n) is 33.0. The molecule has 0 saturated carbocycles. The number of aryl methyl sites for hydroxylation is 7. The highest BCUT2D eigenvalue weighted by Crippen LogP contribution is 2.47. The molecule has 21 heteroatoms. The Labute approximate surface area is 682 Å². The lowest BCUT2D eigenvalue weighted by molar-refractivity contribution is -0.164. The van der Waals surface area contributed by atoms with Gasteiger partial charge in [-0.05, 0) is 317 Å². The minimum atomic E-state index is -1.23. The molecule has 11 rings (SSSR count). The number of benzene rings is 7. The number of rotatable bonds is 14. The average Bonchev–Trinajstić information content (AvgIpc) is 1.35. The Balaban J connectivity index is 0.000000198. The maximum Gasteiger partial charge on any atom is 0.495 e. The highest BCUT2D eigenvalue weighted by molar-refractivity contribution is 9.11. The summed E-state index contributed by atoms with van der Waals surface area (Å²) in [5, 5.41) is 20.6. The van der Waals surface area contributed by atoms with Gasteiger partial charge < -0.3 is 66.9 Å². The SMILES string of the molecule is COC(=O)C(O)c1c(C)ccc(C)c1Br.COC(=O)C(OC(C)(C)C)c1c(C)ccc(C)c1-c1ccc2c(c1C)CCCO2.COC(=O)C(OC(C)(C)C)c1c(C)ccc(C)c1Br.COC(=O)C(OC(C)(C)C)c1c(C)ccc(O)c1-c1ccc2c(c1C)CCCO2.Cc1c(B2OC(C)(C)C(C)(C)O2)ccc2c1CCCO2. The van der Waals surface area contributed by atoms with E-state index in [2.05, 4.69) is 115 Å². The maximum absolute atomic E-state index is 12.8. The number of aliphatic hydroxyl groups is 1. The van der Waals surface area contributed by atoms with Gasteiger partial charge in [-0.2, -0.15) is 0 Å². The van der Waals surface area contributed by atoms with E-state index in [9.17, 15) is 29.4 Å². The summed E-state index contributed by atoms with van der Waals surface area (Å²) in [7, 11) is 5.10. The summed E-state index contributed by atoms with van der Waals surface area (Å²) in [5.74, 6) is 1.09. The van der Waals surface area contributed by atoms with E-state index in [1.54, 1.807) is 12.1 Å². The Kier molecular flexibility index (Phi) is 31.3. The summed E-state index contributed by atoms with van der Waals surface area (Å²) < 4.78 is 69.1. The molecular weight excluding hydrogens is 1550 g/mol. The molecule has 608 valence electrons. The summed E-state index contributed by atoms with van der Waals surface area (Å²) in [4.78, 5) is 48.8. The lowest BCUT2D eigenvalue weighted by Gasteiger charge is -2.32. The van der Waals surface area contributed by atoms with Crippen LogP contribution in [0.1, 0.15) is 228 Å². The van der Waals surface area contributed by atoms with E-state index in [4.69, 9.17) is 51.9 Å². The lowest BCUT2D eigenvalue weighted by atomic mass is 9.74. The van der Waals surface area contributed by atoms with Crippen LogP contribution in [0.4, 0.5) is 0 Å². The highest BCUT2D eigenvalue weighted by atomic mass is 79.9. The normalized spacial score (nSPS) is 15.7. The Morgan fingerprint density at radius 3 is 1.12 bits per heavy atom. The predicted molar refractivity (Wildman–Crippen MR) is 448 cm³/mol. The Morgan fingerprint density at radius 1 is 0.411 bits per heavy atom. The first-order chi connectivity index (χ1) is 52.2. The van der Waals surface area contributed by atoms with Gasteiger partial charge in [-0.1, -0.05) is 92.5 Å². The van der Waals surface area contributed by atoms with Gasteiger partial charge in [0, 0.05) is 36.8 Å².